The Bertz CT molecular complexity index is 1230. The van der Waals surface area contributed by atoms with E-state index in [0.29, 0.717) is 45.3 Å². The molecule has 0 radical (unpaired) electrons. The van der Waals surface area contributed by atoms with Crippen molar-refractivity contribution in [1.29, 1.82) is 0 Å². The molecule has 0 atom stereocenters. The van der Waals surface area contributed by atoms with Gasteiger partial charge in [-0.15, -0.1) is 0 Å². The first kappa shape index (κ1) is 22.7. The molecule has 168 valence electrons. The van der Waals surface area contributed by atoms with Crippen molar-refractivity contribution in [1.82, 2.24) is 0 Å². The van der Waals surface area contributed by atoms with Crippen molar-refractivity contribution in [2.45, 2.75) is 13.3 Å². The van der Waals surface area contributed by atoms with Crippen LogP contribution in [0.5, 0.6) is 23.0 Å². The third kappa shape index (κ3) is 4.25. The Hall–Kier alpha value is -3.94. The first-order valence-corrected chi connectivity index (χ1v) is 9.67. The zero-order valence-electron chi connectivity index (χ0n) is 18.5. The van der Waals surface area contributed by atoms with Gasteiger partial charge in [0, 0.05) is 11.1 Å². The molecule has 0 unspecified atom stereocenters. The van der Waals surface area contributed by atoms with E-state index in [2.05, 4.69) is 0 Å². The summed E-state index contributed by atoms with van der Waals surface area (Å²) in [6.07, 6.45) is 3.03. The van der Waals surface area contributed by atoms with Gasteiger partial charge in [0.1, 0.15) is 17.1 Å². The van der Waals surface area contributed by atoms with Gasteiger partial charge < -0.3 is 28.5 Å². The summed E-state index contributed by atoms with van der Waals surface area (Å²) in [5.41, 5.74) is 1.36. The lowest BCUT2D eigenvalue weighted by atomic mass is 10.0. The molecule has 1 aromatic heterocycles. The molecule has 1 heterocycles. The number of methoxy groups -OCH3 is 4. The minimum Gasteiger partial charge on any atom is -0.496 e. The standard InChI is InChI=1S/C24H24O8/c1-13-17(8-6-14-10-19(29-3)24(31-5)20(11-14)30-4)32-23-15(22(13)27)7-9-18(28-2)16(23)12-21(25)26/h6-11H,12H2,1-5H3,(H,25,26)/b8-6+. The van der Waals surface area contributed by atoms with Crippen LogP contribution >= 0.6 is 0 Å². The second kappa shape index (κ2) is 9.47. The highest BCUT2D eigenvalue weighted by Gasteiger charge is 2.18. The van der Waals surface area contributed by atoms with E-state index in [1.165, 1.54) is 28.4 Å². The molecule has 0 aliphatic heterocycles. The van der Waals surface area contributed by atoms with E-state index in [1.807, 2.05) is 0 Å². The van der Waals surface area contributed by atoms with E-state index in [1.54, 1.807) is 43.3 Å². The number of benzene rings is 2. The number of fused-ring (bicyclic) bond motifs is 1. The molecular weight excluding hydrogens is 416 g/mol. The third-order valence-electron chi connectivity index (χ3n) is 5.05. The summed E-state index contributed by atoms with van der Waals surface area (Å²) in [5, 5.41) is 9.61. The van der Waals surface area contributed by atoms with Gasteiger partial charge in [-0.25, -0.2) is 0 Å². The average Bonchev–Trinajstić information content (AvgIpc) is 2.79. The number of hydrogen-bond acceptors (Lipinski definition) is 7. The smallest absolute Gasteiger partial charge is 0.308 e. The number of carbonyl (C=O) groups is 1. The van der Waals surface area contributed by atoms with E-state index in [0.717, 1.165) is 5.56 Å². The largest absolute Gasteiger partial charge is 0.496 e. The molecule has 0 aliphatic carbocycles. The molecule has 0 fully saturated rings. The minimum atomic E-state index is -1.06. The molecular formula is C24H24O8. The Balaban J connectivity index is 2.17. The summed E-state index contributed by atoms with van der Waals surface area (Å²) in [6.45, 7) is 1.65. The van der Waals surface area contributed by atoms with Crippen molar-refractivity contribution in [2.24, 2.45) is 0 Å². The van der Waals surface area contributed by atoms with E-state index in [9.17, 15) is 14.7 Å². The summed E-state index contributed by atoms with van der Waals surface area (Å²) >= 11 is 0. The van der Waals surface area contributed by atoms with Crippen LogP contribution in [0.15, 0.2) is 33.5 Å². The van der Waals surface area contributed by atoms with Gasteiger partial charge in [0.05, 0.1) is 40.2 Å². The molecule has 3 rings (SSSR count). The quantitative estimate of drug-likeness (QED) is 0.562. The highest BCUT2D eigenvalue weighted by atomic mass is 16.5. The number of aliphatic carboxylic acids is 1. The van der Waals surface area contributed by atoms with Gasteiger partial charge in [-0.2, -0.15) is 0 Å². The van der Waals surface area contributed by atoms with Crippen LogP contribution in [-0.2, 0) is 11.2 Å². The first-order chi connectivity index (χ1) is 15.3. The number of rotatable bonds is 8. The fourth-order valence-electron chi connectivity index (χ4n) is 3.44. The van der Waals surface area contributed by atoms with Crippen LogP contribution in [0.3, 0.4) is 0 Å². The van der Waals surface area contributed by atoms with Crippen molar-refractivity contribution in [2.75, 3.05) is 28.4 Å². The summed E-state index contributed by atoms with van der Waals surface area (Å²) in [7, 11) is 6.00. The van der Waals surface area contributed by atoms with Gasteiger partial charge in [0.25, 0.3) is 0 Å². The first-order valence-electron chi connectivity index (χ1n) is 9.67. The van der Waals surface area contributed by atoms with Crippen LogP contribution in [0.4, 0.5) is 0 Å². The van der Waals surface area contributed by atoms with Crippen LogP contribution < -0.4 is 24.4 Å². The molecule has 8 heteroatoms. The molecule has 0 saturated carbocycles. The summed E-state index contributed by atoms with van der Waals surface area (Å²) in [4.78, 5) is 24.3. The highest BCUT2D eigenvalue weighted by Crippen LogP contribution is 2.38. The molecule has 32 heavy (non-hydrogen) atoms. The van der Waals surface area contributed by atoms with E-state index >= 15 is 0 Å². The maximum atomic E-state index is 12.9. The van der Waals surface area contributed by atoms with E-state index in [-0.39, 0.29) is 17.4 Å². The van der Waals surface area contributed by atoms with E-state index in [4.69, 9.17) is 23.4 Å². The lowest BCUT2D eigenvalue weighted by Crippen LogP contribution is -2.10. The van der Waals surface area contributed by atoms with Gasteiger partial charge in [-0.1, -0.05) is 6.08 Å². The van der Waals surface area contributed by atoms with Crippen molar-refractivity contribution in [3.8, 4) is 23.0 Å². The lowest BCUT2D eigenvalue weighted by molar-refractivity contribution is -0.136. The second-order valence-electron chi connectivity index (χ2n) is 6.91. The Labute approximate surface area is 184 Å². The van der Waals surface area contributed by atoms with Crippen molar-refractivity contribution < 1.29 is 33.3 Å². The minimum absolute atomic E-state index is 0.187. The maximum Gasteiger partial charge on any atom is 0.308 e. The number of ether oxygens (including phenoxy) is 4. The Morgan fingerprint density at radius 1 is 0.969 bits per heavy atom. The van der Waals surface area contributed by atoms with Gasteiger partial charge in [-0.3, -0.25) is 9.59 Å². The number of carboxylic acids is 1. The summed E-state index contributed by atoms with van der Waals surface area (Å²) in [6, 6.07) is 6.66. The van der Waals surface area contributed by atoms with Crippen LogP contribution in [0.25, 0.3) is 23.1 Å². The molecule has 2 aromatic carbocycles. The van der Waals surface area contributed by atoms with Crippen LogP contribution in [0.1, 0.15) is 22.5 Å². The maximum absolute atomic E-state index is 12.9. The van der Waals surface area contributed by atoms with Crippen molar-refractivity contribution >= 4 is 29.1 Å². The monoisotopic (exact) mass is 440 g/mol. The highest BCUT2D eigenvalue weighted by molar-refractivity contribution is 5.88. The Morgan fingerprint density at radius 3 is 2.12 bits per heavy atom. The van der Waals surface area contributed by atoms with Crippen molar-refractivity contribution in [3.63, 3.8) is 0 Å². The van der Waals surface area contributed by atoms with E-state index < -0.39 is 5.97 Å². The van der Waals surface area contributed by atoms with Gasteiger partial charge in [0.2, 0.25) is 5.75 Å². The fraction of sp³-hybridized carbons (Fsp3) is 0.250. The molecule has 0 spiro atoms. The molecule has 0 aliphatic rings. The Morgan fingerprint density at radius 2 is 1.59 bits per heavy atom. The van der Waals surface area contributed by atoms with Crippen LogP contribution in [0.2, 0.25) is 0 Å². The number of hydrogen-bond donors (Lipinski definition) is 1. The number of carboxylic acid groups (broad SMARTS) is 1. The molecule has 0 bridgehead atoms. The van der Waals surface area contributed by atoms with Crippen LogP contribution in [-0.4, -0.2) is 39.5 Å². The van der Waals surface area contributed by atoms with Gasteiger partial charge in [0.15, 0.2) is 16.9 Å². The SMILES string of the molecule is COc1cc(/C=C/c2oc3c(CC(=O)O)c(OC)ccc3c(=O)c2C)cc(OC)c1OC. The normalized spacial score (nSPS) is 11.0. The average molecular weight is 440 g/mol. The van der Waals surface area contributed by atoms with Crippen molar-refractivity contribution in [3.05, 3.63) is 56.9 Å². The molecule has 0 saturated heterocycles. The zero-order chi connectivity index (χ0) is 23.4. The molecule has 3 aromatic rings. The summed E-state index contributed by atoms with van der Waals surface area (Å²) < 4.78 is 27.4. The molecule has 1 N–H and O–H groups in total. The fourth-order valence-corrected chi connectivity index (χ4v) is 3.44. The summed E-state index contributed by atoms with van der Waals surface area (Å²) in [5.74, 6) is 1.01. The van der Waals surface area contributed by atoms with Gasteiger partial charge >= 0.3 is 5.97 Å². The van der Waals surface area contributed by atoms with Gasteiger partial charge in [-0.05, 0) is 42.8 Å². The molecule has 0 amide bonds. The van der Waals surface area contributed by atoms with Crippen LogP contribution in [0, 0.1) is 6.92 Å². The predicted octanol–water partition coefficient (Wildman–Crippen LogP) is 3.93. The zero-order valence-corrected chi connectivity index (χ0v) is 18.5. The second-order valence-corrected chi connectivity index (χ2v) is 6.91. The molecule has 8 nitrogen and oxygen atoms in total. The lowest BCUT2D eigenvalue weighted by Gasteiger charge is -2.13. The predicted molar refractivity (Wildman–Crippen MR) is 120 cm³/mol. The topological polar surface area (TPSA) is 104 Å². The third-order valence-corrected chi connectivity index (χ3v) is 5.05. The Kier molecular flexibility index (Phi) is 6.73.